The van der Waals surface area contributed by atoms with E-state index in [1.54, 1.807) is 11.8 Å². The van der Waals surface area contributed by atoms with Crippen molar-refractivity contribution in [2.24, 2.45) is 0 Å². The molecule has 198 valence electrons. The zero-order valence-corrected chi connectivity index (χ0v) is 24.3. The van der Waals surface area contributed by atoms with Crippen LogP contribution in [-0.4, -0.2) is 72.9 Å². The summed E-state index contributed by atoms with van der Waals surface area (Å²) in [5.41, 5.74) is 4.92. The molecule has 0 saturated carbocycles. The Hall–Kier alpha value is -1.85. The summed E-state index contributed by atoms with van der Waals surface area (Å²) in [4.78, 5) is 8.24. The maximum atomic E-state index is 5.50. The maximum absolute atomic E-state index is 5.50. The number of nitrogens with zero attached hydrogens (tertiary/aromatic N) is 3. The third-order valence-corrected chi connectivity index (χ3v) is 7.34. The van der Waals surface area contributed by atoms with Crippen LogP contribution in [0.25, 0.3) is 5.57 Å². The van der Waals surface area contributed by atoms with E-state index in [-0.39, 0.29) is 0 Å². The van der Waals surface area contributed by atoms with Gasteiger partial charge in [0.25, 0.3) is 0 Å². The van der Waals surface area contributed by atoms with Crippen molar-refractivity contribution in [3.8, 4) is 0 Å². The molecule has 3 rings (SSSR count). The van der Waals surface area contributed by atoms with Gasteiger partial charge in [-0.15, -0.1) is 0 Å². The molecule has 1 heterocycles. The molecule has 0 fully saturated rings. The topological polar surface area (TPSA) is 21.8 Å². The van der Waals surface area contributed by atoms with Crippen molar-refractivity contribution in [1.82, 2.24) is 14.7 Å². The number of nitrogens with one attached hydrogen (secondary N) is 1. The summed E-state index contributed by atoms with van der Waals surface area (Å²) in [7, 11) is 8.57. The third-order valence-electron chi connectivity index (χ3n) is 6.11. The molecule has 0 unspecified atom stereocenters. The average Bonchev–Trinajstić information content (AvgIpc) is 2.83. The summed E-state index contributed by atoms with van der Waals surface area (Å²) in [6.45, 7) is 6.42. The van der Waals surface area contributed by atoms with Crippen LogP contribution in [0, 0.1) is 0 Å². The molecule has 0 aliphatic carbocycles. The predicted octanol–water partition coefficient (Wildman–Crippen LogP) is 5.96. The first-order chi connectivity index (χ1) is 17.4. The Bertz CT molecular complexity index is 1050. The second-order valence-electron chi connectivity index (χ2n) is 9.87. The van der Waals surface area contributed by atoms with Crippen LogP contribution in [0.15, 0.2) is 71.4 Å². The summed E-state index contributed by atoms with van der Waals surface area (Å²) >= 11 is 7.20. The fourth-order valence-electron chi connectivity index (χ4n) is 4.34. The van der Waals surface area contributed by atoms with Gasteiger partial charge in [-0.3, -0.25) is 0 Å². The molecular formula is C30H42N4NiS. The molecule has 0 amide bonds. The first-order valence-electron chi connectivity index (χ1n) is 13.0. The molecular weight excluding hydrogens is 507 g/mol. The Balaban J connectivity index is 1.84. The summed E-state index contributed by atoms with van der Waals surface area (Å²) < 4.78 is 0.928. The van der Waals surface area contributed by atoms with Crippen LogP contribution < -0.4 is 5.32 Å². The van der Waals surface area contributed by atoms with Gasteiger partial charge in [-0.05, 0) is 0 Å². The van der Waals surface area contributed by atoms with Gasteiger partial charge in [-0.1, -0.05) is 0 Å². The van der Waals surface area contributed by atoms with Gasteiger partial charge in [-0.2, -0.15) is 0 Å². The molecule has 0 bridgehead atoms. The Morgan fingerprint density at radius 2 is 1.61 bits per heavy atom. The Kier molecular flexibility index (Phi) is 11.8. The second kappa shape index (κ2) is 14.8. The number of thioether (sulfide) groups is 1. The number of rotatable bonds is 14. The van der Waals surface area contributed by atoms with Gasteiger partial charge in [0.05, 0.1) is 0 Å². The van der Waals surface area contributed by atoms with E-state index in [1.807, 2.05) is 0 Å². The van der Waals surface area contributed by atoms with E-state index in [2.05, 4.69) is 116 Å². The molecule has 0 aromatic heterocycles. The normalized spacial score (nSPS) is 14.1. The molecule has 0 spiro atoms. The van der Waals surface area contributed by atoms with Crippen molar-refractivity contribution >= 4 is 26.8 Å². The fourth-order valence-corrected chi connectivity index (χ4v) is 5.60. The molecule has 6 heteroatoms. The van der Waals surface area contributed by atoms with Crippen LogP contribution in [0.5, 0.6) is 0 Å². The van der Waals surface area contributed by atoms with Crippen molar-refractivity contribution in [3.63, 3.8) is 0 Å². The molecule has 2 aromatic carbocycles. The molecule has 36 heavy (non-hydrogen) atoms. The van der Waals surface area contributed by atoms with Crippen LogP contribution in [0.3, 0.4) is 0 Å². The minimum atomic E-state index is 0.928. The molecule has 1 aliphatic heterocycles. The number of allylic oxidation sites excluding steroid dienone is 2. The Labute approximate surface area is 230 Å². The number of benzene rings is 2. The number of anilines is 1. The van der Waals surface area contributed by atoms with E-state index in [1.165, 1.54) is 27.4 Å². The third kappa shape index (κ3) is 9.23. The summed E-state index contributed by atoms with van der Waals surface area (Å²) in [6.07, 6.45) is 8.99. The van der Waals surface area contributed by atoms with Crippen LogP contribution >= 0.6 is 11.8 Å². The molecule has 0 radical (unpaired) electrons. The average molecular weight is 549 g/mol. The number of hydrogen-bond acceptors (Lipinski definition) is 5. The fraction of sp³-hybridized carbons (Fsp3) is 0.433. The molecule has 4 nitrogen and oxygen atoms in total. The zero-order chi connectivity index (χ0) is 25.9. The summed E-state index contributed by atoms with van der Waals surface area (Å²) in [5, 5.41) is 3.72. The van der Waals surface area contributed by atoms with Gasteiger partial charge >= 0.3 is 231 Å². The van der Waals surface area contributed by atoms with E-state index in [4.69, 9.17) is 15.0 Å². The van der Waals surface area contributed by atoms with Crippen molar-refractivity contribution in [1.29, 1.82) is 0 Å². The SMILES string of the molecule is CCCc1cccc(S[C](=[Ni])/C=C2\C=C(N(CCCN(C)C)CCCN(C)C)Nc3ccccc32)c1. The van der Waals surface area contributed by atoms with E-state index in [0.717, 1.165) is 61.4 Å². The van der Waals surface area contributed by atoms with Crippen molar-refractivity contribution < 1.29 is 15.0 Å². The molecule has 0 atom stereocenters. The van der Waals surface area contributed by atoms with Crippen LogP contribution in [0.1, 0.15) is 37.3 Å². The second-order valence-corrected chi connectivity index (χ2v) is 11.8. The first kappa shape index (κ1) is 28.7. The van der Waals surface area contributed by atoms with Crippen molar-refractivity contribution in [2.75, 3.05) is 59.7 Å². The molecule has 0 saturated heterocycles. The standard InChI is InChI=1S/C30H42N4S.Ni/c1-6-12-25-13-9-14-27(23-25)35-22-17-26-24-30(31-29-16-8-7-15-28(26)29)34(20-10-18-32(2)3)21-11-19-33(4)5;/h7-9,13-17,23-24,31H,6,10-12,18-21H2,1-5H3;/b26-17+;. The van der Waals surface area contributed by atoms with E-state index >= 15 is 0 Å². The molecule has 2 aromatic rings. The van der Waals surface area contributed by atoms with Crippen LogP contribution in [0.4, 0.5) is 5.69 Å². The quantitative estimate of drug-likeness (QED) is 0.231. The molecule has 1 N–H and O–H groups in total. The minimum absolute atomic E-state index is 0.928. The summed E-state index contributed by atoms with van der Waals surface area (Å²) in [6, 6.07) is 17.3. The number of hydrogen-bond donors (Lipinski definition) is 1. The van der Waals surface area contributed by atoms with Gasteiger partial charge in [0.1, 0.15) is 0 Å². The van der Waals surface area contributed by atoms with E-state index < -0.39 is 0 Å². The Morgan fingerprint density at radius 1 is 0.917 bits per heavy atom. The number of para-hydroxylation sites is 1. The van der Waals surface area contributed by atoms with E-state index in [0.29, 0.717) is 0 Å². The number of fused-ring (bicyclic) bond motifs is 1. The zero-order valence-electron chi connectivity index (χ0n) is 22.5. The van der Waals surface area contributed by atoms with Gasteiger partial charge in [-0.25, -0.2) is 0 Å². The Morgan fingerprint density at radius 3 is 2.28 bits per heavy atom. The summed E-state index contributed by atoms with van der Waals surface area (Å²) in [5.74, 6) is 1.17. The van der Waals surface area contributed by atoms with Gasteiger partial charge in [0, 0.05) is 0 Å². The van der Waals surface area contributed by atoms with Crippen molar-refractivity contribution in [3.05, 3.63) is 77.6 Å². The predicted molar refractivity (Wildman–Crippen MR) is 155 cm³/mol. The number of aryl methyl sites for hydroxylation is 1. The van der Waals surface area contributed by atoms with Gasteiger partial charge < -0.3 is 0 Å². The van der Waals surface area contributed by atoms with E-state index in [9.17, 15) is 0 Å². The first-order valence-corrected chi connectivity index (χ1v) is 14.3. The van der Waals surface area contributed by atoms with Crippen LogP contribution in [-0.2, 0) is 21.5 Å². The van der Waals surface area contributed by atoms with Crippen molar-refractivity contribution in [2.45, 2.75) is 37.5 Å². The van der Waals surface area contributed by atoms with Gasteiger partial charge in [0.2, 0.25) is 0 Å². The molecule has 1 aliphatic rings. The van der Waals surface area contributed by atoms with Crippen LogP contribution in [0.2, 0.25) is 0 Å². The monoisotopic (exact) mass is 548 g/mol. The van der Waals surface area contributed by atoms with Gasteiger partial charge in [0.15, 0.2) is 0 Å².